The first-order valence-electron chi connectivity index (χ1n) is 9.55. The Bertz CT molecular complexity index is 1290. The average molecular weight is 461 g/mol. The van der Waals surface area contributed by atoms with Crippen LogP contribution >= 0.6 is 0 Å². The standard InChI is InChI=1S/C21H15F4N5O3/c22-11-4-6-12(7-5-11)27-20-29-17-16(19(33)30-20)14(9-15(31)28-17)18(32)26-13-3-1-2-10(8-13)21(23,24)25/h1-8,14H,9H2,(H,26,32)(H3,27,28,29,30,31,33). The van der Waals surface area contributed by atoms with Crippen LogP contribution in [0.4, 0.5) is 40.7 Å². The van der Waals surface area contributed by atoms with Crippen molar-refractivity contribution in [1.82, 2.24) is 9.97 Å². The van der Waals surface area contributed by atoms with Crippen LogP contribution in [0.1, 0.15) is 23.5 Å². The van der Waals surface area contributed by atoms with Crippen molar-refractivity contribution in [1.29, 1.82) is 0 Å². The first-order chi connectivity index (χ1) is 15.6. The van der Waals surface area contributed by atoms with E-state index in [1.165, 1.54) is 30.3 Å². The third kappa shape index (κ3) is 4.84. The summed E-state index contributed by atoms with van der Waals surface area (Å²) in [4.78, 5) is 44.2. The zero-order valence-electron chi connectivity index (χ0n) is 16.6. The monoisotopic (exact) mass is 461 g/mol. The molecule has 2 amide bonds. The maximum atomic E-state index is 13.1. The Kier molecular flexibility index (Phi) is 5.58. The van der Waals surface area contributed by atoms with E-state index in [1.54, 1.807) is 0 Å². The van der Waals surface area contributed by atoms with Gasteiger partial charge in [-0.25, -0.2) is 4.39 Å². The number of anilines is 4. The number of aromatic amines is 1. The molecule has 0 saturated carbocycles. The highest BCUT2D eigenvalue weighted by Crippen LogP contribution is 2.33. The molecule has 0 fully saturated rings. The molecule has 1 aromatic heterocycles. The molecule has 4 N–H and O–H groups in total. The molecule has 2 aromatic carbocycles. The highest BCUT2D eigenvalue weighted by atomic mass is 19.4. The Morgan fingerprint density at radius 2 is 1.79 bits per heavy atom. The number of nitrogens with zero attached hydrogens (tertiary/aromatic N) is 1. The molecule has 33 heavy (non-hydrogen) atoms. The normalized spacial score (nSPS) is 15.4. The van der Waals surface area contributed by atoms with Crippen LogP contribution in [0.5, 0.6) is 0 Å². The zero-order chi connectivity index (χ0) is 23.8. The summed E-state index contributed by atoms with van der Waals surface area (Å²) in [6, 6.07) is 9.17. The SMILES string of the molecule is O=C1CC(C(=O)Nc2cccc(C(F)(F)F)c2)c2c(nc(Nc3ccc(F)cc3)[nH]c2=O)N1. The van der Waals surface area contributed by atoms with Crippen LogP contribution in [0, 0.1) is 5.82 Å². The molecule has 1 atom stereocenters. The van der Waals surface area contributed by atoms with Gasteiger partial charge in [-0.05, 0) is 42.5 Å². The van der Waals surface area contributed by atoms with E-state index in [9.17, 15) is 31.9 Å². The van der Waals surface area contributed by atoms with Gasteiger partial charge in [0.1, 0.15) is 11.6 Å². The number of rotatable bonds is 4. The van der Waals surface area contributed by atoms with E-state index in [0.29, 0.717) is 5.69 Å². The molecule has 0 radical (unpaired) electrons. The Labute approximate surface area is 183 Å². The minimum absolute atomic E-state index is 0.0652. The molecule has 0 spiro atoms. The van der Waals surface area contributed by atoms with Crippen molar-refractivity contribution in [3.8, 4) is 0 Å². The van der Waals surface area contributed by atoms with E-state index in [2.05, 4.69) is 25.9 Å². The smallest absolute Gasteiger partial charge is 0.326 e. The molecular formula is C21H15F4N5O3. The van der Waals surface area contributed by atoms with Gasteiger partial charge in [0, 0.05) is 17.8 Å². The molecule has 0 saturated heterocycles. The predicted molar refractivity (Wildman–Crippen MR) is 111 cm³/mol. The second-order valence-corrected chi connectivity index (χ2v) is 7.18. The minimum Gasteiger partial charge on any atom is -0.326 e. The Morgan fingerprint density at radius 3 is 2.48 bits per heavy atom. The van der Waals surface area contributed by atoms with Crippen LogP contribution in [0.3, 0.4) is 0 Å². The summed E-state index contributed by atoms with van der Waals surface area (Å²) >= 11 is 0. The summed E-state index contributed by atoms with van der Waals surface area (Å²) in [5.41, 5.74) is -1.56. The average Bonchev–Trinajstić information content (AvgIpc) is 2.74. The summed E-state index contributed by atoms with van der Waals surface area (Å²) in [6.45, 7) is 0. The third-order valence-corrected chi connectivity index (χ3v) is 4.83. The molecule has 1 aliphatic heterocycles. The van der Waals surface area contributed by atoms with E-state index < -0.39 is 47.3 Å². The third-order valence-electron chi connectivity index (χ3n) is 4.83. The summed E-state index contributed by atoms with van der Waals surface area (Å²) in [7, 11) is 0. The number of alkyl halides is 3. The van der Waals surface area contributed by atoms with Gasteiger partial charge >= 0.3 is 6.18 Å². The number of hydrogen-bond acceptors (Lipinski definition) is 5. The lowest BCUT2D eigenvalue weighted by Gasteiger charge is -2.23. The highest BCUT2D eigenvalue weighted by Gasteiger charge is 2.35. The number of amides is 2. The maximum absolute atomic E-state index is 13.1. The number of benzene rings is 2. The van der Waals surface area contributed by atoms with Crippen LogP contribution in [0.15, 0.2) is 53.3 Å². The summed E-state index contributed by atoms with van der Waals surface area (Å²) in [6.07, 6.45) is -5.00. The van der Waals surface area contributed by atoms with Gasteiger partial charge < -0.3 is 16.0 Å². The Morgan fingerprint density at radius 1 is 1.06 bits per heavy atom. The van der Waals surface area contributed by atoms with E-state index in [4.69, 9.17) is 0 Å². The highest BCUT2D eigenvalue weighted by molar-refractivity contribution is 6.04. The number of H-pyrrole nitrogens is 1. The van der Waals surface area contributed by atoms with Gasteiger partial charge in [-0.1, -0.05) is 6.07 Å². The van der Waals surface area contributed by atoms with Gasteiger partial charge in [0.2, 0.25) is 17.8 Å². The summed E-state index contributed by atoms with van der Waals surface area (Å²) < 4.78 is 51.9. The fourth-order valence-corrected chi connectivity index (χ4v) is 3.33. The van der Waals surface area contributed by atoms with Crippen LogP contribution in [0.25, 0.3) is 0 Å². The van der Waals surface area contributed by atoms with Crippen LogP contribution in [0.2, 0.25) is 0 Å². The number of nitrogens with one attached hydrogen (secondary N) is 4. The topological polar surface area (TPSA) is 116 Å². The van der Waals surface area contributed by atoms with Crippen molar-refractivity contribution in [2.45, 2.75) is 18.5 Å². The number of aromatic nitrogens is 2. The minimum atomic E-state index is -4.60. The molecule has 3 aromatic rings. The summed E-state index contributed by atoms with van der Waals surface area (Å²) in [5, 5.41) is 7.49. The molecule has 0 aliphatic carbocycles. The van der Waals surface area contributed by atoms with Crippen molar-refractivity contribution < 1.29 is 27.2 Å². The molecular weight excluding hydrogens is 446 g/mol. The maximum Gasteiger partial charge on any atom is 0.416 e. The second-order valence-electron chi connectivity index (χ2n) is 7.18. The largest absolute Gasteiger partial charge is 0.416 e. The molecule has 8 nitrogen and oxygen atoms in total. The number of carbonyl (C=O) groups excluding carboxylic acids is 2. The molecule has 170 valence electrons. The van der Waals surface area contributed by atoms with Crippen LogP contribution in [-0.2, 0) is 15.8 Å². The lowest BCUT2D eigenvalue weighted by Crippen LogP contribution is -2.36. The predicted octanol–water partition coefficient (Wildman–Crippen LogP) is 3.74. The Hall–Kier alpha value is -4.22. The number of carbonyl (C=O) groups is 2. The van der Waals surface area contributed by atoms with E-state index in [-0.39, 0.29) is 23.0 Å². The molecule has 1 aliphatic rings. The van der Waals surface area contributed by atoms with Crippen molar-refractivity contribution in [3.05, 3.63) is 75.8 Å². The van der Waals surface area contributed by atoms with Gasteiger partial charge in [-0.3, -0.25) is 19.4 Å². The fourth-order valence-electron chi connectivity index (χ4n) is 3.33. The van der Waals surface area contributed by atoms with Crippen LogP contribution in [-0.4, -0.2) is 21.8 Å². The quantitative estimate of drug-likeness (QED) is 0.442. The van der Waals surface area contributed by atoms with Gasteiger partial charge in [0.05, 0.1) is 17.0 Å². The molecule has 2 heterocycles. The number of hydrogen-bond donors (Lipinski definition) is 4. The lowest BCUT2D eigenvalue weighted by molar-refractivity contribution is -0.137. The van der Waals surface area contributed by atoms with Crippen LogP contribution < -0.4 is 21.5 Å². The van der Waals surface area contributed by atoms with E-state index in [0.717, 1.165) is 18.2 Å². The fraction of sp³-hybridized carbons (Fsp3) is 0.143. The number of fused-ring (bicyclic) bond motifs is 1. The van der Waals surface area contributed by atoms with Crippen molar-refractivity contribution in [2.24, 2.45) is 0 Å². The molecule has 1 unspecified atom stereocenters. The zero-order valence-corrected chi connectivity index (χ0v) is 16.6. The first-order valence-corrected chi connectivity index (χ1v) is 9.55. The first kappa shape index (κ1) is 22.0. The lowest BCUT2D eigenvalue weighted by atomic mass is 9.92. The van der Waals surface area contributed by atoms with Gasteiger partial charge in [0.25, 0.3) is 5.56 Å². The molecule has 4 rings (SSSR count). The molecule has 12 heteroatoms. The summed E-state index contributed by atoms with van der Waals surface area (Å²) in [5.74, 6) is -3.41. The van der Waals surface area contributed by atoms with E-state index >= 15 is 0 Å². The van der Waals surface area contributed by atoms with Gasteiger partial charge in [-0.2, -0.15) is 18.2 Å². The second kappa shape index (κ2) is 8.37. The van der Waals surface area contributed by atoms with Crippen molar-refractivity contribution >= 4 is 35.0 Å². The Balaban J connectivity index is 1.61. The van der Waals surface area contributed by atoms with Crippen molar-refractivity contribution in [2.75, 3.05) is 16.0 Å². The van der Waals surface area contributed by atoms with Crippen molar-refractivity contribution in [3.63, 3.8) is 0 Å². The molecule has 0 bridgehead atoms. The van der Waals surface area contributed by atoms with Gasteiger partial charge in [0.15, 0.2) is 0 Å². The number of halogens is 4. The van der Waals surface area contributed by atoms with Gasteiger partial charge in [-0.15, -0.1) is 0 Å². The van der Waals surface area contributed by atoms with E-state index in [1.807, 2.05) is 0 Å².